The predicted molar refractivity (Wildman–Crippen MR) is 51.0 cm³/mol. The quantitative estimate of drug-likeness (QED) is 0.652. The Morgan fingerprint density at radius 3 is 2.54 bits per heavy atom. The Morgan fingerprint density at radius 1 is 1.08 bits per heavy atom. The van der Waals surface area contributed by atoms with Gasteiger partial charge in [0.25, 0.3) is 0 Å². The normalized spacial score (nSPS) is 15.1. The van der Waals surface area contributed by atoms with Crippen LogP contribution in [0.15, 0.2) is 23.0 Å². The van der Waals surface area contributed by atoms with E-state index >= 15 is 0 Å². The molecule has 0 spiro atoms. The molecule has 68 valence electrons. The Hall–Kier alpha value is -1.31. The summed E-state index contributed by atoms with van der Waals surface area (Å²) in [6, 6.07) is 4.95. The average molecular weight is 176 g/mol. The van der Waals surface area contributed by atoms with Crippen LogP contribution in [0.5, 0.6) is 5.75 Å². The summed E-state index contributed by atoms with van der Waals surface area (Å²) >= 11 is 0. The number of aromatic hydroxyl groups is 1. The van der Waals surface area contributed by atoms with Crippen LogP contribution < -0.4 is 5.43 Å². The second kappa shape index (κ2) is 3.21. The predicted octanol–water partition coefficient (Wildman–Crippen LogP) is 1.63. The molecule has 2 rings (SSSR count). The summed E-state index contributed by atoms with van der Waals surface area (Å²) in [5, 5.41) is 9.23. The zero-order valence-corrected chi connectivity index (χ0v) is 7.42. The van der Waals surface area contributed by atoms with Gasteiger partial charge in [-0.05, 0) is 48.9 Å². The fourth-order valence-electron chi connectivity index (χ4n) is 1.80. The summed E-state index contributed by atoms with van der Waals surface area (Å²) in [6.07, 6.45) is 4.34. The Kier molecular flexibility index (Phi) is 2.05. The minimum Gasteiger partial charge on any atom is -0.504 e. The lowest BCUT2D eigenvalue weighted by molar-refractivity contribution is 0.471. The summed E-state index contributed by atoms with van der Waals surface area (Å²) in [6.45, 7) is 0. The van der Waals surface area contributed by atoms with Gasteiger partial charge >= 0.3 is 0 Å². The first kappa shape index (κ1) is 8.30. The Labute approximate surface area is 76.9 Å². The Balaban J connectivity index is 2.63. The molecule has 0 aliphatic heterocycles. The van der Waals surface area contributed by atoms with Gasteiger partial charge in [0.1, 0.15) is 0 Å². The highest BCUT2D eigenvalue weighted by atomic mass is 16.3. The molecule has 2 heteroatoms. The van der Waals surface area contributed by atoms with Crippen molar-refractivity contribution in [2.45, 2.75) is 25.7 Å². The van der Waals surface area contributed by atoms with Gasteiger partial charge < -0.3 is 5.11 Å². The van der Waals surface area contributed by atoms with Crippen molar-refractivity contribution in [1.29, 1.82) is 0 Å². The fourth-order valence-corrected chi connectivity index (χ4v) is 1.80. The van der Waals surface area contributed by atoms with Gasteiger partial charge in [0, 0.05) is 0 Å². The first-order valence-electron chi connectivity index (χ1n) is 4.62. The molecule has 0 fully saturated rings. The van der Waals surface area contributed by atoms with Crippen molar-refractivity contribution in [2.24, 2.45) is 0 Å². The van der Waals surface area contributed by atoms with E-state index in [9.17, 15) is 9.90 Å². The molecule has 0 saturated carbocycles. The van der Waals surface area contributed by atoms with Gasteiger partial charge in [0.15, 0.2) is 5.75 Å². The van der Waals surface area contributed by atoms with Gasteiger partial charge in [0.05, 0.1) is 0 Å². The number of hydrogen-bond donors (Lipinski definition) is 1. The molecular formula is C11H12O2. The van der Waals surface area contributed by atoms with Gasteiger partial charge in [0.2, 0.25) is 5.43 Å². The molecule has 0 saturated heterocycles. The lowest BCUT2D eigenvalue weighted by Gasteiger charge is -2.11. The highest BCUT2D eigenvalue weighted by molar-refractivity contribution is 5.32. The van der Waals surface area contributed by atoms with Crippen LogP contribution >= 0.6 is 0 Å². The van der Waals surface area contributed by atoms with E-state index in [1.54, 1.807) is 6.07 Å². The monoisotopic (exact) mass is 176 g/mol. The number of rotatable bonds is 0. The molecule has 1 aromatic rings. The number of fused-ring (bicyclic) bond motifs is 1. The van der Waals surface area contributed by atoms with Crippen LogP contribution in [0.3, 0.4) is 0 Å². The second-order valence-electron chi connectivity index (χ2n) is 3.48. The van der Waals surface area contributed by atoms with Crippen molar-refractivity contribution in [3.63, 3.8) is 0 Å². The maximum absolute atomic E-state index is 11.2. The molecule has 0 bridgehead atoms. The van der Waals surface area contributed by atoms with Crippen molar-refractivity contribution < 1.29 is 5.11 Å². The van der Waals surface area contributed by atoms with Crippen molar-refractivity contribution in [1.82, 2.24) is 0 Å². The van der Waals surface area contributed by atoms with Crippen molar-refractivity contribution in [3.05, 3.63) is 39.5 Å². The lowest BCUT2D eigenvalue weighted by Crippen LogP contribution is -2.02. The molecule has 1 aliphatic rings. The summed E-state index contributed by atoms with van der Waals surface area (Å²) in [5.41, 5.74) is 2.06. The smallest absolute Gasteiger partial charge is 0.220 e. The van der Waals surface area contributed by atoms with Crippen LogP contribution in [0.25, 0.3) is 0 Å². The van der Waals surface area contributed by atoms with Crippen LogP contribution in [0.1, 0.15) is 24.0 Å². The van der Waals surface area contributed by atoms with Crippen LogP contribution in [0.4, 0.5) is 0 Å². The summed E-state index contributed by atoms with van der Waals surface area (Å²) in [5.74, 6) is -0.144. The van der Waals surface area contributed by atoms with E-state index in [2.05, 4.69) is 0 Å². The molecule has 0 heterocycles. The third-order valence-electron chi connectivity index (χ3n) is 2.55. The molecule has 0 radical (unpaired) electrons. The SMILES string of the molecule is O=c1cc2c(ccc1O)CCCC2. The molecule has 13 heavy (non-hydrogen) atoms. The first-order valence-corrected chi connectivity index (χ1v) is 4.62. The van der Waals surface area contributed by atoms with Gasteiger partial charge in [-0.2, -0.15) is 0 Å². The molecule has 0 amide bonds. The van der Waals surface area contributed by atoms with E-state index in [1.807, 2.05) is 6.07 Å². The van der Waals surface area contributed by atoms with Gasteiger partial charge in [-0.25, -0.2) is 0 Å². The largest absolute Gasteiger partial charge is 0.504 e. The molecule has 0 atom stereocenters. The van der Waals surface area contributed by atoms with E-state index in [-0.39, 0.29) is 11.2 Å². The maximum Gasteiger partial charge on any atom is 0.220 e. The van der Waals surface area contributed by atoms with Crippen LogP contribution in [-0.2, 0) is 12.8 Å². The zero-order valence-electron chi connectivity index (χ0n) is 7.42. The molecular weight excluding hydrogens is 164 g/mol. The Morgan fingerprint density at radius 2 is 1.77 bits per heavy atom. The van der Waals surface area contributed by atoms with Crippen LogP contribution in [0, 0.1) is 0 Å². The molecule has 1 aliphatic carbocycles. The van der Waals surface area contributed by atoms with Crippen molar-refractivity contribution in [2.75, 3.05) is 0 Å². The molecule has 0 aromatic heterocycles. The van der Waals surface area contributed by atoms with E-state index < -0.39 is 0 Å². The van der Waals surface area contributed by atoms with Crippen LogP contribution in [-0.4, -0.2) is 5.11 Å². The standard InChI is InChI=1S/C11H12O2/c12-10-6-5-8-3-1-2-4-9(8)7-11(10)13/h5-7H,1-4H2,(H,12,13). The van der Waals surface area contributed by atoms with E-state index in [4.69, 9.17) is 0 Å². The van der Waals surface area contributed by atoms with Crippen LogP contribution in [0.2, 0.25) is 0 Å². The third kappa shape index (κ3) is 1.57. The number of hydrogen-bond acceptors (Lipinski definition) is 2. The topological polar surface area (TPSA) is 37.3 Å². The van der Waals surface area contributed by atoms with E-state index in [1.165, 1.54) is 18.1 Å². The first-order chi connectivity index (χ1) is 6.27. The van der Waals surface area contributed by atoms with Gasteiger partial charge in [-0.1, -0.05) is 6.07 Å². The maximum atomic E-state index is 11.2. The van der Waals surface area contributed by atoms with Gasteiger partial charge in [-0.3, -0.25) is 4.79 Å². The summed E-state index contributed by atoms with van der Waals surface area (Å²) in [4.78, 5) is 11.2. The van der Waals surface area contributed by atoms with E-state index in [0.717, 1.165) is 24.8 Å². The second-order valence-corrected chi connectivity index (χ2v) is 3.48. The average Bonchev–Trinajstić information content (AvgIpc) is 2.28. The third-order valence-corrected chi connectivity index (χ3v) is 2.55. The molecule has 1 aromatic carbocycles. The summed E-state index contributed by atoms with van der Waals surface area (Å²) < 4.78 is 0. The van der Waals surface area contributed by atoms with Crippen molar-refractivity contribution in [3.8, 4) is 5.75 Å². The number of aryl methyl sites for hydroxylation is 2. The summed E-state index contributed by atoms with van der Waals surface area (Å²) in [7, 11) is 0. The zero-order chi connectivity index (χ0) is 9.26. The molecule has 1 N–H and O–H groups in total. The minimum absolute atomic E-state index is 0.144. The van der Waals surface area contributed by atoms with E-state index in [0.29, 0.717) is 0 Å². The van der Waals surface area contributed by atoms with Gasteiger partial charge in [-0.15, -0.1) is 0 Å². The molecule has 2 nitrogen and oxygen atoms in total. The Bertz CT molecular complexity index is 382. The fraction of sp³-hybridized carbons (Fsp3) is 0.364. The highest BCUT2D eigenvalue weighted by Crippen LogP contribution is 2.19. The molecule has 0 unspecified atom stereocenters. The lowest BCUT2D eigenvalue weighted by atomic mass is 9.94. The minimum atomic E-state index is -0.261. The van der Waals surface area contributed by atoms with Crippen molar-refractivity contribution >= 4 is 0 Å². The highest BCUT2D eigenvalue weighted by Gasteiger charge is 2.08.